The van der Waals surface area contributed by atoms with E-state index in [2.05, 4.69) is 6.92 Å². The van der Waals surface area contributed by atoms with Gasteiger partial charge in [0, 0.05) is 26.6 Å². The van der Waals surface area contributed by atoms with Crippen LogP contribution in [0, 0.1) is 12.7 Å². The second-order valence-corrected chi connectivity index (χ2v) is 8.36. The molecule has 0 fully saturated rings. The first-order valence-corrected chi connectivity index (χ1v) is 11.8. The highest BCUT2D eigenvalue weighted by atomic mass is 19.1. The number of amides is 2. The van der Waals surface area contributed by atoms with Crippen molar-refractivity contribution in [1.82, 2.24) is 9.80 Å². The Kier molecular flexibility index (Phi) is 11.7. The molecule has 0 unspecified atom stereocenters. The van der Waals surface area contributed by atoms with E-state index in [1.165, 1.54) is 18.6 Å². The number of ether oxygens (including phenoxy) is 1. The lowest BCUT2D eigenvalue weighted by atomic mass is 10.1. The third kappa shape index (κ3) is 9.78. The van der Waals surface area contributed by atoms with Gasteiger partial charge in [-0.15, -0.1) is 0 Å². The van der Waals surface area contributed by atoms with Gasteiger partial charge in [0.1, 0.15) is 17.3 Å². The lowest BCUT2D eigenvalue weighted by molar-refractivity contribution is -0.142. The van der Waals surface area contributed by atoms with Crippen LogP contribution in [-0.2, 0) is 27.4 Å². The number of furan rings is 1. The van der Waals surface area contributed by atoms with Gasteiger partial charge in [-0.25, -0.2) is 4.39 Å². The number of carbonyl (C=O) groups excluding carboxylic acids is 2. The summed E-state index contributed by atoms with van der Waals surface area (Å²) in [7, 11) is 1.58. The number of rotatable bonds is 15. The Balaban J connectivity index is 2.07. The van der Waals surface area contributed by atoms with Crippen LogP contribution in [0.2, 0.25) is 0 Å². The number of carbonyl (C=O) groups is 2. The van der Waals surface area contributed by atoms with E-state index in [1.54, 1.807) is 29.0 Å². The number of aryl methyl sites for hydroxylation is 1. The number of hydrogen-bond acceptors (Lipinski definition) is 4. The Morgan fingerprint density at radius 2 is 1.67 bits per heavy atom. The van der Waals surface area contributed by atoms with E-state index < -0.39 is 0 Å². The van der Waals surface area contributed by atoms with Gasteiger partial charge < -0.3 is 19.0 Å². The minimum absolute atomic E-state index is 0.0297. The van der Waals surface area contributed by atoms with Gasteiger partial charge in [0.15, 0.2) is 0 Å². The molecule has 2 rings (SSSR count). The Bertz CT molecular complexity index is 850. The van der Waals surface area contributed by atoms with E-state index in [1.807, 2.05) is 19.1 Å². The predicted octanol–water partition coefficient (Wildman–Crippen LogP) is 5.09. The highest BCUT2D eigenvalue weighted by molar-refractivity contribution is 5.84. The van der Waals surface area contributed by atoms with Crippen molar-refractivity contribution >= 4 is 11.8 Å². The molecule has 0 aliphatic carbocycles. The lowest BCUT2D eigenvalue weighted by Gasteiger charge is -2.27. The van der Waals surface area contributed by atoms with Gasteiger partial charge in [-0.1, -0.05) is 44.7 Å². The zero-order valence-corrected chi connectivity index (χ0v) is 20.1. The maximum Gasteiger partial charge on any atom is 0.242 e. The third-order valence-corrected chi connectivity index (χ3v) is 5.52. The highest BCUT2D eigenvalue weighted by Gasteiger charge is 2.22. The number of benzene rings is 1. The monoisotopic (exact) mass is 460 g/mol. The quantitative estimate of drug-likeness (QED) is 0.347. The molecule has 182 valence electrons. The molecule has 0 saturated carbocycles. The molecule has 1 heterocycles. The standard InChI is InChI=1S/C26H37FN2O4/c1-4-5-6-7-8-9-25(30)28(16-17-32-3)20-26(31)29(19-24-15-10-21(2)33-24)18-22-11-13-23(27)14-12-22/h10-15H,4-9,16-20H2,1-3H3. The van der Waals surface area contributed by atoms with E-state index in [4.69, 9.17) is 9.15 Å². The predicted molar refractivity (Wildman–Crippen MR) is 126 cm³/mol. The Morgan fingerprint density at radius 3 is 2.30 bits per heavy atom. The van der Waals surface area contributed by atoms with Crippen LogP contribution in [0.5, 0.6) is 0 Å². The molecule has 0 N–H and O–H groups in total. The normalized spacial score (nSPS) is 10.9. The summed E-state index contributed by atoms with van der Waals surface area (Å²) >= 11 is 0. The van der Waals surface area contributed by atoms with Gasteiger partial charge in [-0.05, 0) is 43.2 Å². The molecule has 0 aliphatic rings. The molecule has 0 atom stereocenters. The van der Waals surface area contributed by atoms with Crippen molar-refractivity contribution in [2.24, 2.45) is 0 Å². The number of unbranched alkanes of at least 4 members (excludes halogenated alkanes) is 4. The van der Waals surface area contributed by atoms with Crippen LogP contribution < -0.4 is 0 Å². The summed E-state index contributed by atoms with van der Waals surface area (Å²) < 4.78 is 24.2. The van der Waals surface area contributed by atoms with E-state index in [-0.39, 0.29) is 30.7 Å². The maximum absolute atomic E-state index is 13.3. The zero-order valence-electron chi connectivity index (χ0n) is 20.1. The second kappa shape index (κ2) is 14.5. The fraction of sp³-hybridized carbons (Fsp3) is 0.538. The molecule has 0 radical (unpaired) electrons. The molecule has 1 aromatic heterocycles. The Morgan fingerprint density at radius 1 is 0.939 bits per heavy atom. The molecule has 6 nitrogen and oxygen atoms in total. The Hall–Kier alpha value is -2.67. The van der Waals surface area contributed by atoms with E-state index in [0.29, 0.717) is 31.9 Å². The smallest absolute Gasteiger partial charge is 0.242 e. The molecule has 0 bridgehead atoms. The molecule has 1 aromatic carbocycles. The van der Waals surface area contributed by atoms with Gasteiger partial charge >= 0.3 is 0 Å². The molecule has 0 aliphatic heterocycles. The number of nitrogens with zero attached hydrogens (tertiary/aromatic N) is 2. The molecule has 7 heteroatoms. The molecular weight excluding hydrogens is 423 g/mol. The first kappa shape index (κ1) is 26.6. The van der Waals surface area contributed by atoms with Crippen molar-refractivity contribution in [2.75, 3.05) is 26.8 Å². The minimum atomic E-state index is -0.325. The van der Waals surface area contributed by atoms with Crippen molar-refractivity contribution < 1.29 is 23.1 Å². The molecule has 33 heavy (non-hydrogen) atoms. The fourth-order valence-corrected chi connectivity index (χ4v) is 3.60. The SMILES string of the molecule is CCCCCCCC(=O)N(CCOC)CC(=O)N(Cc1ccc(F)cc1)Cc1ccc(C)o1. The van der Waals surface area contributed by atoms with Crippen LogP contribution in [0.25, 0.3) is 0 Å². The van der Waals surface area contributed by atoms with Crippen molar-refractivity contribution in [3.8, 4) is 0 Å². The second-order valence-electron chi connectivity index (χ2n) is 8.36. The summed E-state index contributed by atoms with van der Waals surface area (Å²) in [5.74, 6) is 0.873. The summed E-state index contributed by atoms with van der Waals surface area (Å²) in [5, 5.41) is 0. The van der Waals surface area contributed by atoms with Crippen LogP contribution in [-0.4, -0.2) is 48.4 Å². The molecular formula is C26H37FN2O4. The maximum atomic E-state index is 13.3. The van der Waals surface area contributed by atoms with E-state index in [0.717, 1.165) is 37.0 Å². The zero-order chi connectivity index (χ0) is 24.1. The topological polar surface area (TPSA) is 63.0 Å². The summed E-state index contributed by atoms with van der Waals surface area (Å²) in [6.45, 7) is 5.27. The largest absolute Gasteiger partial charge is 0.464 e. The minimum Gasteiger partial charge on any atom is -0.464 e. The summed E-state index contributed by atoms with van der Waals surface area (Å²) in [6.07, 6.45) is 5.71. The number of hydrogen-bond donors (Lipinski definition) is 0. The van der Waals surface area contributed by atoms with Crippen LogP contribution in [0.4, 0.5) is 4.39 Å². The number of halogens is 1. The summed E-state index contributed by atoms with van der Waals surface area (Å²) in [5.41, 5.74) is 0.804. The molecule has 2 aromatic rings. The molecule has 2 amide bonds. The molecule has 0 spiro atoms. The average molecular weight is 461 g/mol. The van der Waals surface area contributed by atoms with E-state index >= 15 is 0 Å². The van der Waals surface area contributed by atoms with Crippen molar-refractivity contribution in [2.45, 2.75) is 65.5 Å². The van der Waals surface area contributed by atoms with Crippen molar-refractivity contribution in [1.29, 1.82) is 0 Å². The van der Waals surface area contributed by atoms with Gasteiger partial charge in [-0.3, -0.25) is 9.59 Å². The van der Waals surface area contributed by atoms with Gasteiger partial charge in [0.2, 0.25) is 11.8 Å². The highest BCUT2D eigenvalue weighted by Crippen LogP contribution is 2.15. The van der Waals surface area contributed by atoms with Crippen molar-refractivity contribution in [3.63, 3.8) is 0 Å². The third-order valence-electron chi connectivity index (χ3n) is 5.52. The first-order chi connectivity index (χ1) is 15.9. The lowest BCUT2D eigenvalue weighted by Crippen LogP contribution is -2.43. The van der Waals surface area contributed by atoms with Crippen LogP contribution in [0.1, 0.15) is 62.5 Å². The average Bonchev–Trinajstić information content (AvgIpc) is 3.21. The molecule has 0 saturated heterocycles. The van der Waals surface area contributed by atoms with Gasteiger partial charge in [0.05, 0.1) is 19.7 Å². The van der Waals surface area contributed by atoms with E-state index in [9.17, 15) is 14.0 Å². The van der Waals surface area contributed by atoms with Gasteiger partial charge in [0.25, 0.3) is 0 Å². The fourth-order valence-electron chi connectivity index (χ4n) is 3.60. The number of methoxy groups -OCH3 is 1. The van der Waals surface area contributed by atoms with Crippen LogP contribution in [0.15, 0.2) is 40.8 Å². The van der Waals surface area contributed by atoms with Crippen LogP contribution >= 0.6 is 0 Å². The van der Waals surface area contributed by atoms with Gasteiger partial charge in [-0.2, -0.15) is 0 Å². The summed E-state index contributed by atoms with van der Waals surface area (Å²) in [4.78, 5) is 29.3. The van der Waals surface area contributed by atoms with Crippen molar-refractivity contribution in [3.05, 3.63) is 59.3 Å². The van der Waals surface area contributed by atoms with Crippen LogP contribution in [0.3, 0.4) is 0 Å². The Labute approximate surface area is 196 Å². The summed E-state index contributed by atoms with van der Waals surface area (Å²) in [6, 6.07) is 9.76. The first-order valence-electron chi connectivity index (χ1n) is 11.8.